The third kappa shape index (κ3) is 6.47. The van der Waals surface area contributed by atoms with E-state index in [0.29, 0.717) is 6.42 Å². The van der Waals surface area contributed by atoms with Crippen molar-refractivity contribution in [1.82, 2.24) is 0 Å². The van der Waals surface area contributed by atoms with E-state index < -0.39 is 14.4 Å². The standard InChI is InChI=1S/C15H22Si/c1-16(2,3)14-10-5-4-7-11-15-12-8-6-9-13-15/h6,8-9,12-13H,4-5,7,11H2,1-3H3/i5D2. The maximum atomic E-state index is 7.89. The minimum Gasteiger partial charge on any atom is -0.132 e. The van der Waals surface area contributed by atoms with Gasteiger partial charge < -0.3 is 0 Å². The minimum atomic E-state index is -1.47. The normalized spacial score (nSPS) is 13.4. The van der Waals surface area contributed by atoms with Gasteiger partial charge in [-0.1, -0.05) is 50.0 Å². The second-order valence-electron chi connectivity index (χ2n) is 5.02. The molecule has 0 heterocycles. The van der Waals surface area contributed by atoms with Crippen LogP contribution in [0.15, 0.2) is 30.3 Å². The van der Waals surface area contributed by atoms with Gasteiger partial charge in [0.15, 0.2) is 0 Å². The molecule has 0 saturated carbocycles. The zero-order valence-electron chi connectivity index (χ0n) is 12.5. The fourth-order valence-corrected chi connectivity index (χ4v) is 1.78. The molecule has 0 atom stereocenters. The summed E-state index contributed by atoms with van der Waals surface area (Å²) in [4.78, 5) is 0. The van der Waals surface area contributed by atoms with Crippen LogP contribution >= 0.6 is 0 Å². The molecule has 1 rings (SSSR count). The zero-order chi connectivity index (χ0) is 13.6. The topological polar surface area (TPSA) is 0 Å². The second-order valence-corrected chi connectivity index (χ2v) is 9.77. The van der Waals surface area contributed by atoms with E-state index in [9.17, 15) is 0 Å². The maximum absolute atomic E-state index is 7.89. The quantitative estimate of drug-likeness (QED) is 0.537. The van der Waals surface area contributed by atoms with Gasteiger partial charge in [0.05, 0.1) is 0 Å². The van der Waals surface area contributed by atoms with Crippen LogP contribution in [-0.2, 0) is 6.42 Å². The van der Waals surface area contributed by atoms with Gasteiger partial charge >= 0.3 is 0 Å². The van der Waals surface area contributed by atoms with Gasteiger partial charge in [-0.3, -0.25) is 0 Å². The zero-order valence-corrected chi connectivity index (χ0v) is 11.5. The molecular weight excluding hydrogens is 208 g/mol. The maximum Gasteiger partial charge on any atom is 0.129 e. The molecular formula is C15H22Si. The Morgan fingerprint density at radius 2 is 1.81 bits per heavy atom. The predicted molar refractivity (Wildman–Crippen MR) is 75.1 cm³/mol. The van der Waals surface area contributed by atoms with Crippen LogP contribution in [-0.4, -0.2) is 8.07 Å². The first-order valence-electron chi connectivity index (χ1n) is 6.87. The van der Waals surface area contributed by atoms with E-state index in [2.05, 4.69) is 43.2 Å². The number of hydrogen-bond acceptors (Lipinski definition) is 0. The van der Waals surface area contributed by atoms with Crippen molar-refractivity contribution in [3.8, 4) is 11.5 Å². The fourth-order valence-electron chi connectivity index (χ4n) is 1.32. The molecule has 0 aliphatic rings. The number of rotatable bonds is 4. The van der Waals surface area contributed by atoms with E-state index in [0.717, 1.165) is 12.8 Å². The second kappa shape index (κ2) is 6.55. The number of hydrogen-bond donors (Lipinski definition) is 0. The van der Waals surface area contributed by atoms with Crippen LogP contribution in [0.3, 0.4) is 0 Å². The van der Waals surface area contributed by atoms with Crippen LogP contribution < -0.4 is 0 Å². The highest BCUT2D eigenvalue weighted by Crippen LogP contribution is 2.06. The minimum absolute atomic E-state index is 0.513. The van der Waals surface area contributed by atoms with Gasteiger partial charge in [-0.25, -0.2) is 0 Å². The van der Waals surface area contributed by atoms with Crippen molar-refractivity contribution >= 4 is 8.07 Å². The van der Waals surface area contributed by atoms with Gasteiger partial charge in [-0.15, -0.1) is 11.5 Å². The van der Waals surface area contributed by atoms with Crippen molar-refractivity contribution in [2.75, 3.05) is 0 Å². The Labute approximate surface area is 104 Å². The van der Waals surface area contributed by atoms with E-state index in [1.807, 2.05) is 18.2 Å². The molecule has 0 bridgehead atoms. The van der Waals surface area contributed by atoms with Crippen LogP contribution in [0.4, 0.5) is 0 Å². The number of benzene rings is 1. The Morgan fingerprint density at radius 3 is 2.44 bits per heavy atom. The first-order valence-corrected chi connectivity index (χ1v) is 9.37. The summed E-state index contributed by atoms with van der Waals surface area (Å²) in [6, 6.07) is 10.2. The van der Waals surface area contributed by atoms with Crippen molar-refractivity contribution in [1.29, 1.82) is 0 Å². The molecule has 1 heteroatoms. The molecule has 0 aliphatic heterocycles. The molecule has 0 radical (unpaired) electrons. The van der Waals surface area contributed by atoms with Crippen LogP contribution in [0.1, 0.15) is 27.5 Å². The van der Waals surface area contributed by atoms with Crippen molar-refractivity contribution in [3.05, 3.63) is 35.9 Å². The van der Waals surface area contributed by atoms with Gasteiger partial charge in [0, 0.05) is 9.11 Å². The molecule has 86 valence electrons. The summed E-state index contributed by atoms with van der Waals surface area (Å²) in [7, 11) is -1.47. The SMILES string of the molecule is [2H]C([2H])(C#C[Si](C)(C)C)CCCc1ccccc1. The lowest BCUT2D eigenvalue weighted by Crippen LogP contribution is -2.16. The molecule has 16 heavy (non-hydrogen) atoms. The Morgan fingerprint density at radius 1 is 1.12 bits per heavy atom. The molecule has 0 N–H and O–H groups in total. The third-order valence-corrected chi connectivity index (χ3v) is 3.01. The third-order valence-electron chi connectivity index (χ3n) is 2.14. The molecule has 0 saturated heterocycles. The lowest BCUT2D eigenvalue weighted by molar-refractivity contribution is 0.756. The van der Waals surface area contributed by atoms with Gasteiger partial charge in [-0.2, -0.15) is 0 Å². The summed E-state index contributed by atoms with van der Waals surface area (Å²) in [5, 5.41) is 0. The summed E-state index contributed by atoms with van der Waals surface area (Å²) < 4.78 is 15.8. The van der Waals surface area contributed by atoms with E-state index in [4.69, 9.17) is 2.74 Å². The highest BCUT2D eigenvalue weighted by Gasteiger charge is 2.06. The number of aryl methyl sites for hydroxylation is 1. The van der Waals surface area contributed by atoms with E-state index in [-0.39, 0.29) is 0 Å². The van der Waals surface area contributed by atoms with E-state index in [1.54, 1.807) is 0 Å². The van der Waals surface area contributed by atoms with Gasteiger partial charge in [0.2, 0.25) is 0 Å². The van der Waals surface area contributed by atoms with Crippen molar-refractivity contribution in [2.24, 2.45) is 0 Å². The van der Waals surface area contributed by atoms with Crippen LogP contribution in [0.25, 0.3) is 0 Å². The highest BCUT2D eigenvalue weighted by atomic mass is 28.3. The lowest BCUT2D eigenvalue weighted by Gasteiger charge is -2.03. The molecule has 0 nitrogen and oxygen atoms in total. The van der Waals surface area contributed by atoms with Gasteiger partial charge in [0.1, 0.15) is 8.07 Å². The Hall–Kier alpha value is -1.00. The Bertz CT molecular complexity index is 421. The van der Waals surface area contributed by atoms with Gasteiger partial charge in [-0.05, 0) is 24.8 Å². The first kappa shape index (κ1) is 10.2. The van der Waals surface area contributed by atoms with Crippen molar-refractivity contribution in [2.45, 2.75) is 45.3 Å². The molecule has 0 unspecified atom stereocenters. The monoisotopic (exact) mass is 232 g/mol. The van der Waals surface area contributed by atoms with Crippen molar-refractivity contribution in [3.63, 3.8) is 0 Å². The Balaban J connectivity index is 2.44. The molecule has 1 aromatic rings. The Kier molecular flexibility index (Phi) is 4.16. The molecule has 0 aromatic heterocycles. The fraction of sp³-hybridized carbons (Fsp3) is 0.467. The summed E-state index contributed by atoms with van der Waals surface area (Å²) in [6.45, 7) is 6.42. The average Bonchev–Trinajstić information content (AvgIpc) is 2.27. The predicted octanol–water partition coefficient (Wildman–Crippen LogP) is 4.28. The van der Waals surface area contributed by atoms with Crippen LogP contribution in [0, 0.1) is 11.5 Å². The summed E-state index contributed by atoms with van der Waals surface area (Å²) in [5.41, 5.74) is 4.39. The van der Waals surface area contributed by atoms with Gasteiger partial charge in [0.25, 0.3) is 0 Å². The molecule has 0 aliphatic carbocycles. The largest absolute Gasteiger partial charge is 0.132 e. The molecule has 0 spiro atoms. The van der Waals surface area contributed by atoms with Crippen molar-refractivity contribution < 1.29 is 2.74 Å². The first-order chi connectivity index (χ1) is 8.29. The van der Waals surface area contributed by atoms with E-state index >= 15 is 0 Å². The molecule has 0 amide bonds. The highest BCUT2D eigenvalue weighted by molar-refractivity contribution is 6.83. The smallest absolute Gasteiger partial charge is 0.129 e. The average molecular weight is 232 g/mol. The molecule has 0 fully saturated rings. The molecule has 1 aromatic carbocycles. The summed E-state index contributed by atoms with van der Waals surface area (Å²) in [5.74, 6) is 2.83. The summed E-state index contributed by atoms with van der Waals surface area (Å²) >= 11 is 0. The van der Waals surface area contributed by atoms with E-state index in [1.165, 1.54) is 5.56 Å². The summed E-state index contributed by atoms with van der Waals surface area (Å²) in [6.07, 6.45) is 0.945. The van der Waals surface area contributed by atoms with Crippen LogP contribution in [0.5, 0.6) is 0 Å². The van der Waals surface area contributed by atoms with Crippen LogP contribution in [0.2, 0.25) is 19.6 Å². The lowest BCUT2D eigenvalue weighted by atomic mass is 10.1.